The van der Waals surface area contributed by atoms with Crippen LogP contribution in [0.4, 0.5) is 26.7 Å². The summed E-state index contributed by atoms with van der Waals surface area (Å²) in [6.07, 6.45) is -0.182. The van der Waals surface area contributed by atoms with E-state index in [1.54, 1.807) is 31.2 Å². The maximum absolute atomic E-state index is 14.0. The summed E-state index contributed by atoms with van der Waals surface area (Å²) < 4.78 is 79.0. The molecule has 0 spiro atoms. The molecule has 5 rings (SSSR count). The molecule has 1 aromatic heterocycles. The largest absolute Gasteiger partial charge is 0.483 e. The average Bonchev–Trinajstić information content (AvgIpc) is 3.47. The van der Waals surface area contributed by atoms with Crippen LogP contribution in [0.5, 0.6) is 17.2 Å². The molecule has 0 aliphatic carbocycles. The number of hydrogen-bond donors (Lipinski definition) is 2. The minimum atomic E-state index is -2.28. The number of rotatable bonds is 7. The zero-order valence-corrected chi connectivity index (χ0v) is 20.1. The summed E-state index contributed by atoms with van der Waals surface area (Å²) in [5, 5.41) is 1.40. The number of carbonyl (C=O) groups is 2. The van der Waals surface area contributed by atoms with Gasteiger partial charge in [0.05, 0.1) is 16.3 Å². The number of aromatic nitrogens is 2. The summed E-state index contributed by atoms with van der Waals surface area (Å²) in [6, 6.07) is 11.0. The van der Waals surface area contributed by atoms with Crippen LogP contribution in [0.15, 0.2) is 42.5 Å². The van der Waals surface area contributed by atoms with E-state index in [2.05, 4.69) is 15.3 Å². The molecule has 1 saturated heterocycles. The highest BCUT2D eigenvalue weighted by Crippen LogP contribution is 2.34. The van der Waals surface area contributed by atoms with Crippen molar-refractivity contribution in [3.63, 3.8) is 0 Å². The normalized spacial score (nSPS) is 16.1. The fourth-order valence-corrected chi connectivity index (χ4v) is 4.62. The minimum absolute atomic E-state index is 0.184. The third-order valence-electron chi connectivity index (χ3n) is 5.67. The maximum Gasteiger partial charge on any atom is 0.286 e. The summed E-state index contributed by atoms with van der Waals surface area (Å²) >= 11 is 0.949. The van der Waals surface area contributed by atoms with E-state index in [0.717, 1.165) is 17.3 Å². The first kappa shape index (κ1) is 25.5. The Bertz CT molecular complexity index is 1550. The zero-order chi connectivity index (χ0) is 27.1. The SMILES string of the molecule is CC(Oc1ccc(CC2SC(=O)NC2=O)cc1)c1nc2ccc(Oc3c(F)c(F)c(F)c(F)c3F)cc2[nH]1. The number of nitrogens with one attached hydrogen (secondary N) is 2. The van der Waals surface area contributed by atoms with Crippen molar-refractivity contribution in [3.8, 4) is 17.2 Å². The van der Waals surface area contributed by atoms with Gasteiger partial charge in [-0.1, -0.05) is 23.9 Å². The van der Waals surface area contributed by atoms with E-state index in [1.165, 1.54) is 18.2 Å². The fraction of sp³-hybridized carbons (Fsp3) is 0.160. The van der Waals surface area contributed by atoms with Gasteiger partial charge in [-0.3, -0.25) is 14.9 Å². The van der Waals surface area contributed by atoms with Crippen LogP contribution < -0.4 is 14.8 Å². The summed E-state index contributed by atoms with van der Waals surface area (Å²) in [7, 11) is 0. The van der Waals surface area contributed by atoms with Crippen molar-refractivity contribution in [2.45, 2.75) is 24.7 Å². The number of H-pyrrole nitrogens is 1. The number of amides is 2. The maximum atomic E-state index is 14.0. The van der Waals surface area contributed by atoms with Crippen LogP contribution in [0, 0.1) is 29.1 Å². The van der Waals surface area contributed by atoms with Gasteiger partial charge in [-0.25, -0.2) is 18.2 Å². The molecular weight excluding hydrogens is 533 g/mol. The lowest BCUT2D eigenvalue weighted by molar-refractivity contribution is -0.118. The van der Waals surface area contributed by atoms with Crippen LogP contribution in [0.1, 0.15) is 24.4 Å². The number of carbonyl (C=O) groups excluding carboxylic acids is 2. The molecule has 3 aromatic carbocycles. The highest BCUT2D eigenvalue weighted by atomic mass is 32.2. The van der Waals surface area contributed by atoms with Crippen LogP contribution in [-0.4, -0.2) is 26.4 Å². The Morgan fingerprint density at radius 1 is 0.921 bits per heavy atom. The van der Waals surface area contributed by atoms with Gasteiger partial charge in [0, 0.05) is 6.07 Å². The van der Waals surface area contributed by atoms with Gasteiger partial charge in [0.2, 0.25) is 40.7 Å². The summed E-state index contributed by atoms with van der Waals surface area (Å²) in [6.45, 7) is 1.73. The van der Waals surface area contributed by atoms with Crippen LogP contribution in [0.3, 0.4) is 0 Å². The van der Waals surface area contributed by atoms with Gasteiger partial charge < -0.3 is 14.5 Å². The molecule has 38 heavy (non-hydrogen) atoms. The molecule has 7 nitrogen and oxygen atoms in total. The molecule has 2 unspecified atom stereocenters. The van der Waals surface area contributed by atoms with Gasteiger partial charge in [-0.2, -0.15) is 8.78 Å². The number of fused-ring (bicyclic) bond motifs is 1. The Morgan fingerprint density at radius 2 is 1.55 bits per heavy atom. The molecule has 13 heteroatoms. The van der Waals surface area contributed by atoms with Gasteiger partial charge in [0.1, 0.15) is 17.3 Å². The van der Waals surface area contributed by atoms with Crippen LogP contribution >= 0.6 is 11.8 Å². The van der Waals surface area contributed by atoms with Gasteiger partial charge in [-0.05, 0) is 43.2 Å². The highest BCUT2D eigenvalue weighted by Gasteiger charge is 2.31. The van der Waals surface area contributed by atoms with Gasteiger partial charge in [0.15, 0.2) is 6.10 Å². The van der Waals surface area contributed by atoms with Crippen molar-refractivity contribution < 1.29 is 41.0 Å². The number of ether oxygens (including phenoxy) is 2. The zero-order valence-electron chi connectivity index (χ0n) is 19.3. The van der Waals surface area contributed by atoms with Crippen molar-refractivity contribution in [3.05, 3.63) is 82.9 Å². The number of thioether (sulfide) groups is 1. The van der Waals surface area contributed by atoms with Gasteiger partial charge in [0.25, 0.3) is 5.24 Å². The van der Waals surface area contributed by atoms with Crippen molar-refractivity contribution in [1.29, 1.82) is 0 Å². The van der Waals surface area contributed by atoms with Crippen LogP contribution in [-0.2, 0) is 11.2 Å². The molecule has 2 atom stereocenters. The molecule has 1 aliphatic heterocycles. The standard InChI is InChI=1S/C25H16F5N3O4S/c1-10(36-12-4-2-11(3-5-12)8-16-24(34)33-25(35)38-16)23-31-14-7-6-13(9-15(14)32-23)37-22-20(29)18(27)17(26)19(28)21(22)30/h2-7,9-10,16H,8H2,1H3,(H,31,32)(H,33,34,35). The monoisotopic (exact) mass is 549 g/mol. The van der Waals surface area contributed by atoms with E-state index in [1.807, 2.05) is 0 Å². The first-order chi connectivity index (χ1) is 18.1. The van der Waals surface area contributed by atoms with E-state index in [0.29, 0.717) is 29.0 Å². The number of imide groups is 1. The third-order valence-corrected chi connectivity index (χ3v) is 6.65. The lowest BCUT2D eigenvalue weighted by Gasteiger charge is -2.13. The molecule has 0 radical (unpaired) electrons. The molecule has 196 valence electrons. The van der Waals surface area contributed by atoms with Crippen molar-refractivity contribution in [1.82, 2.24) is 15.3 Å². The Kier molecular flexibility index (Phi) is 6.69. The van der Waals surface area contributed by atoms with E-state index in [-0.39, 0.29) is 16.9 Å². The predicted octanol–water partition coefficient (Wildman–Crippen LogP) is 6.08. The van der Waals surface area contributed by atoms with Crippen LogP contribution in [0.2, 0.25) is 0 Å². The Balaban J connectivity index is 1.29. The second-order valence-electron chi connectivity index (χ2n) is 8.29. The van der Waals surface area contributed by atoms with E-state index >= 15 is 0 Å². The molecule has 1 fully saturated rings. The number of imidazole rings is 1. The second kappa shape index (κ2) is 9.97. The lowest BCUT2D eigenvalue weighted by atomic mass is 10.1. The number of aromatic amines is 1. The first-order valence-electron chi connectivity index (χ1n) is 11.1. The molecular formula is C25H16F5N3O4S. The smallest absolute Gasteiger partial charge is 0.286 e. The van der Waals surface area contributed by atoms with Gasteiger partial charge in [-0.15, -0.1) is 0 Å². The molecule has 2 amide bonds. The van der Waals surface area contributed by atoms with Crippen molar-refractivity contribution >= 4 is 33.9 Å². The molecule has 1 aliphatic rings. The van der Waals surface area contributed by atoms with Crippen molar-refractivity contribution in [2.75, 3.05) is 0 Å². The topological polar surface area (TPSA) is 93.3 Å². The molecule has 0 bridgehead atoms. The second-order valence-corrected chi connectivity index (χ2v) is 9.47. The number of benzene rings is 3. The predicted molar refractivity (Wildman–Crippen MR) is 127 cm³/mol. The molecule has 2 N–H and O–H groups in total. The van der Waals surface area contributed by atoms with Crippen LogP contribution in [0.25, 0.3) is 11.0 Å². The Morgan fingerprint density at radius 3 is 2.18 bits per heavy atom. The van der Waals surface area contributed by atoms with E-state index in [4.69, 9.17) is 9.47 Å². The van der Waals surface area contributed by atoms with E-state index < -0.39 is 46.2 Å². The van der Waals surface area contributed by atoms with Crippen molar-refractivity contribution in [2.24, 2.45) is 0 Å². The summed E-state index contributed by atoms with van der Waals surface area (Å²) in [5.74, 6) is -11.7. The van der Waals surface area contributed by atoms with E-state index in [9.17, 15) is 31.5 Å². The minimum Gasteiger partial charge on any atom is -0.483 e. The number of hydrogen-bond acceptors (Lipinski definition) is 6. The quantitative estimate of drug-likeness (QED) is 0.165. The number of halogens is 5. The Labute approximate surface area is 215 Å². The molecule has 4 aromatic rings. The highest BCUT2D eigenvalue weighted by molar-refractivity contribution is 8.15. The Hall–Kier alpha value is -4.13. The first-order valence-corrected chi connectivity index (χ1v) is 11.9. The van der Waals surface area contributed by atoms with Gasteiger partial charge >= 0.3 is 0 Å². The average molecular weight is 549 g/mol. The molecule has 0 saturated carbocycles. The third kappa shape index (κ3) is 4.88. The number of nitrogens with zero attached hydrogens (tertiary/aromatic N) is 1. The molecule has 2 heterocycles. The summed E-state index contributed by atoms with van der Waals surface area (Å²) in [5.41, 5.74) is 1.66. The summed E-state index contributed by atoms with van der Waals surface area (Å²) in [4.78, 5) is 30.4. The fourth-order valence-electron chi connectivity index (χ4n) is 3.76. The lowest BCUT2D eigenvalue weighted by Crippen LogP contribution is -2.25.